The number of aliphatic carboxylic acids is 1. The molecule has 3 heteroatoms. The summed E-state index contributed by atoms with van der Waals surface area (Å²) in [5.41, 5.74) is 2.57. The summed E-state index contributed by atoms with van der Waals surface area (Å²) in [6.07, 6.45) is 0.195. The van der Waals surface area contributed by atoms with Gasteiger partial charge in [-0.15, -0.1) is 0 Å². The maximum Gasteiger partial charge on any atom is 0.304 e. The highest BCUT2D eigenvalue weighted by molar-refractivity contribution is 5.66. The van der Waals surface area contributed by atoms with E-state index in [4.69, 9.17) is 5.11 Å². The number of likely N-dealkylation sites (N-methyl/N-ethyl adjacent to an activating group) is 1. The van der Waals surface area contributed by atoms with Crippen LogP contribution in [0.3, 0.4) is 0 Å². The Morgan fingerprint density at radius 1 is 1.28 bits per heavy atom. The van der Waals surface area contributed by atoms with Gasteiger partial charge >= 0.3 is 5.97 Å². The number of aryl methyl sites for hydroxylation is 1. The van der Waals surface area contributed by atoms with Crippen LogP contribution in [-0.4, -0.2) is 36.1 Å². The third-order valence-corrected chi connectivity index (χ3v) is 3.21. The second-order valence-corrected chi connectivity index (χ2v) is 5.63. The molecule has 18 heavy (non-hydrogen) atoms. The van der Waals surface area contributed by atoms with E-state index in [0.717, 1.165) is 6.54 Å². The van der Waals surface area contributed by atoms with E-state index >= 15 is 0 Å². The van der Waals surface area contributed by atoms with E-state index in [2.05, 4.69) is 49.9 Å². The van der Waals surface area contributed by atoms with Crippen molar-refractivity contribution in [2.45, 2.75) is 32.6 Å². The van der Waals surface area contributed by atoms with Gasteiger partial charge in [-0.2, -0.15) is 0 Å². The fourth-order valence-electron chi connectivity index (χ4n) is 2.14. The molecule has 0 atom stereocenters. The Bertz CT molecular complexity index is 395. The van der Waals surface area contributed by atoms with Crippen LogP contribution in [0.25, 0.3) is 0 Å². The van der Waals surface area contributed by atoms with E-state index in [9.17, 15) is 4.79 Å². The molecule has 1 N–H and O–H groups in total. The quantitative estimate of drug-likeness (QED) is 0.842. The summed E-state index contributed by atoms with van der Waals surface area (Å²) >= 11 is 0. The molecule has 0 bridgehead atoms. The van der Waals surface area contributed by atoms with Crippen LogP contribution >= 0.6 is 0 Å². The number of carboxylic acid groups (broad SMARTS) is 1. The van der Waals surface area contributed by atoms with Gasteiger partial charge in [-0.05, 0) is 19.5 Å². The van der Waals surface area contributed by atoms with Gasteiger partial charge in [0.1, 0.15) is 0 Å². The Kier molecular flexibility index (Phi) is 4.91. The van der Waals surface area contributed by atoms with Gasteiger partial charge in [0.15, 0.2) is 0 Å². The monoisotopic (exact) mass is 249 g/mol. The molecule has 0 aliphatic carbocycles. The molecule has 1 rings (SSSR count). The summed E-state index contributed by atoms with van der Waals surface area (Å²) in [5, 5.41) is 8.68. The molecule has 0 aliphatic heterocycles. The van der Waals surface area contributed by atoms with Crippen LogP contribution in [0.5, 0.6) is 0 Å². The SMILES string of the molecule is Cc1ccc(C(C)(C)CN(C)CCC(=O)O)cc1. The minimum atomic E-state index is -0.741. The van der Waals surface area contributed by atoms with Crippen LogP contribution in [0, 0.1) is 6.92 Å². The summed E-state index contributed by atoms with van der Waals surface area (Å²) < 4.78 is 0. The number of rotatable bonds is 6. The van der Waals surface area contributed by atoms with Crippen molar-refractivity contribution in [1.82, 2.24) is 4.90 Å². The number of carbonyl (C=O) groups is 1. The Hall–Kier alpha value is -1.35. The van der Waals surface area contributed by atoms with Crippen molar-refractivity contribution in [2.24, 2.45) is 0 Å². The maximum atomic E-state index is 10.6. The summed E-state index contributed by atoms with van der Waals surface area (Å²) in [7, 11) is 1.97. The van der Waals surface area contributed by atoms with E-state index in [1.807, 2.05) is 7.05 Å². The van der Waals surface area contributed by atoms with E-state index in [1.165, 1.54) is 11.1 Å². The molecule has 3 nitrogen and oxygen atoms in total. The summed E-state index contributed by atoms with van der Waals surface area (Å²) in [5.74, 6) is -0.741. The van der Waals surface area contributed by atoms with E-state index in [1.54, 1.807) is 0 Å². The van der Waals surface area contributed by atoms with Crippen molar-refractivity contribution in [2.75, 3.05) is 20.1 Å². The van der Waals surface area contributed by atoms with Gasteiger partial charge in [0.25, 0.3) is 0 Å². The molecule has 0 heterocycles. The summed E-state index contributed by atoms with van der Waals surface area (Å²) in [6, 6.07) is 8.55. The molecular formula is C15H23NO2. The predicted octanol–water partition coefficient (Wildman–Crippen LogP) is 2.68. The van der Waals surface area contributed by atoms with Gasteiger partial charge in [0.2, 0.25) is 0 Å². The standard InChI is InChI=1S/C15H23NO2/c1-12-5-7-13(8-6-12)15(2,3)11-16(4)10-9-14(17)18/h5-8H,9-11H2,1-4H3,(H,17,18). The maximum absolute atomic E-state index is 10.6. The van der Waals surface area contributed by atoms with E-state index < -0.39 is 5.97 Å². The fraction of sp³-hybridized carbons (Fsp3) is 0.533. The lowest BCUT2D eigenvalue weighted by Gasteiger charge is -2.30. The zero-order chi connectivity index (χ0) is 13.8. The first-order chi connectivity index (χ1) is 8.31. The number of nitrogens with zero attached hydrogens (tertiary/aromatic N) is 1. The number of hydrogen-bond donors (Lipinski definition) is 1. The largest absolute Gasteiger partial charge is 0.481 e. The number of carboxylic acids is 1. The molecule has 0 aromatic heterocycles. The molecule has 1 aromatic carbocycles. The Morgan fingerprint density at radius 2 is 1.83 bits per heavy atom. The van der Waals surface area contributed by atoms with Gasteiger partial charge in [-0.25, -0.2) is 0 Å². The van der Waals surface area contributed by atoms with Gasteiger partial charge in [-0.1, -0.05) is 43.7 Å². The normalized spacial score (nSPS) is 11.8. The molecule has 0 unspecified atom stereocenters. The van der Waals surface area contributed by atoms with Crippen molar-refractivity contribution in [3.63, 3.8) is 0 Å². The zero-order valence-corrected chi connectivity index (χ0v) is 11.7. The molecule has 0 spiro atoms. The van der Waals surface area contributed by atoms with E-state index in [0.29, 0.717) is 6.54 Å². The highest BCUT2D eigenvalue weighted by atomic mass is 16.4. The average molecular weight is 249 g/mol. The lowest BCUT2D eigenvalue weighted by atomic mass is 9.84. The Balaban J connectivity index is 2.63. The van der Waals surface area contributed by atoms with Crippen molar-refractivity contribution >= 4 is 5.97 Å². The van der Waals surface area contributed by atoms with Crippen LogP contribution in [0.4, 0.5) is 0 Å². The highest BCUT2D eigenvalue weighted by Gasteiger charge is 2.22. The summed E-state index contributed by atoms with van der Waals surface area (Å²) in [6.45, 7) is 7.90. The van der Waals surface area contributed by atoms with Gasteiger partial charge in [0.05, 0.1) is 6.42 Å². The first kappa shape index (κ1) is 14.7. The predicted molar refractivity (Wildman–Crippen MR) is 74.0 cm³/mol. The van der Waals surface area contributed by atoms with Crippen molar-refractivity contribution in [1.29, 1.82) is 0 Å². The fourth-order valence-corrected chi connectivity index (χ4v) is 2.14. The van der Waals surface area contributed by atoms with Crippen LogP contribution in [-0.2, 0) is 10.2 Å². The Morgan fingerprint density at radius 3 is 2.33 bits per heavy atom. The smallest absolute Gasteiger partial charge is 0.304 e. The van der Waals surface area contributed by atoms with Crippen molar-refractivity contribution in [3.05, 3.63) is 35.4 Å². The second kappa shape index (κ2) is 6.01. The van der Waals surface area contributed by atoms with Crippen LogP contribution < -0.4 is 0 Å². The third-order valence-electron chi connectivity index (χ3n) is 3.21. The molecule has 1 aromatic rings. The molecule has 0 saturated carbocycles. The van der Waals surface area contributed by atoms with E-state index in [-0.39, 0.29) is 11.8 Å². The highest BCUT2D eigenvalue weighted by Crippen LogP contribution is 2.24. The minimum Gasteiger partial charge on any atom is -0.481 e. The average Bonchev–Trinajstić information content (AvgIpc) is 2.26. The third kappa shape index (κ3) is 4.49. The Labute approximate surface area is 109 Å². The molecular weight excluding hydrogens is 226 g/mol. The lowest BCUT2D eigenvalue weighted by molar-refractivity contribution is -0.137. The van der Waals surface area contributed by atoms with Gasteiger partial charge in [-0.3, -0.25) is 4.79 Å². The zero-order valence-electron chi connectivity index (χ0n) is 11.7. The molecule has 0 amide bonds. The molecule has 100 valence electrons. The van der Waals surface area contributed by atoms with Crippen LogP contribution in [0.15, 0.2) is 24.3 Å². The minimum absolute atomic E-state index is 0.0287. The molecule has 0 saturated heterocycles. The van der Waals surface area contributed by atoms with Gasteiger partial charge < -0.3 is 10.0 Å². The lowest BCUT2D eigenvalue weighted by Crippen LogP contribution is -2.35. The topological polar surface area (TPSA) is 40.5 Å². The van der Waals surface area contributed by atoms with Crippen LogP contribution in [0.1, 0.15) is 31.4 Å². The molecule has 0 radical (unpaired) electrons. The first-order valence-electron chi connectivity index (χ1n) is 6.29. The number of benzene rings is 1. The van der Waals surface area contributed by atoms with Crippen LogP contribution in [0.2, 0.25) is 0 Å². The second-order valence-electron chi connectivity index (χ2n) is 5.63. The number of hydrogen-bond acceptors (Lipinski definition) is 2. The first-order valence-corrected chi connectivity index (χ1v) is 6.29. The molecule has 0 fully saturated rings. The summed E-state index contributed by atoms with van der Waals surface area (Å²) in [4.78, 5) is 12.6. The van der Waals surface area contributed by atoms with Gasteiger partial charge in [0, 0.05) is 18.5 Å². The van der Waals surface area contributed by atoms with Crippen molar-refractivity contribution in [3.8, 4) is 0 Å². The molecule has 0 aliphatic rings. The van der Waals surface area contributed by atoms with Crippen molar-refractivity contribution < 1.29 is 9.90 Å².